The van der Waals surface area contributed by atoms with Crippen LogP contribution in [0.3, 0.4) is 0 Å². The number of aryl methyl sites for hydroxylation is 1. The second-order valence-electron chi connectivity index (χ2n) is 6.10. The number of ether oxygens (including phenoxy) is 1. The van der Waals surface area contributed by atoms with Gasteiger partial charge in [-0.1, -0.05) is 17.3 Å². The predicted octanol–water partition coefficient (Wildman–Crippen LogP) is 1.20. The summed E-state index contributed by atoms with van der Waals surface area (Å²) in [6, 6.07) is 7.25. The van der Waals surface area contributed by atoms with Crippen LogP contribution in [-0.2, 0) is 9.53 Å². The Hall–Kier alpha value is -2.74. The molecule has 2 heterocycles. The average molecular weight is 344 g/mol. The van der Waals surface area contributed by atoms with Gasteiger partial charge in [0, 0.05) is 6.54 Å². The molecule has 1 amide bonds. The Morgan fingerprint density at radius 1 is 1.36 bits per heavy atom. The van der Waals surface area contributed by atoms with E-state index in [2.05, 4.69) is 10.3 Å². The van der Waals surface area contributed by atoms with Crippen molar-refractivity contribution in [2.45, 2.75) is 26.3 Å². The van der Waals surface area contributed by atoms with Gasteiger partial charge >= 0.3 is 5.97 Å². The lowest BCUT2D eigenvalue weighted by Gasteiger charge is -2.34. The van der Waals surface area contributed by atoms with Crippen LogP contribution in [0.1, 0.15) is 28.2 Å². The first-order valence-electron chi connectivity index (χ1n) is 8.07. The van der Waals surface area contributed by atoms with E-state index in [0.717, 1.165) is 11.3 Å². The van der Waals surface area contributed by atoms with Crippen LogP contribution >= 0.6 is 0 Å². The van der Waals surface area contributed by atoms with Crippen LogP contribution in [0, 0.1) is 13.8 Å². The average Bonchev–Trinajstić information content (AvgIpc) is 2.96. The standard InChI is InChI=1S/C17H20N4O4/c1-11-4-3-5-13(8-11)21-12(2)16(18-19-21)17(24)20-6-7-25-10-14(20)9-15(22)23/h3-5,8,14H,6-7,9-10H2,1-2H3,(H,22,23). The van der Waals surface area contributed by atoms with Crippen molar-refractivity contribution < 1.29 is 19.4 Å². The number of hydrogen-bond donors (Lipinski definition) is 1. The molecule has 1 atom stereocenters. The molecular weight excluding hydrogens is 324 g/mol. The molecule has 1 aliphatic heterocycles. The Kier molecular flexibility index (Phi) is 4.80. The molecule has 3 rings (SSSR count). The number of nitrogens with zero attached hydrogens (tertiary/aromatic N) is 4. The lowest BCUT2D eigenvalue weighted by Crippen LogP contribution is -2.49. The van der Waals surface area contributed by atoms with Crippen LogP contribution in [-0.4, -0.2) is 62.7 Å². The molecule has 1 saturated heterocycles. The van der Waals surface area contributed by atoms with E-state index in [1.54, 1.807) is 11.6 Å². The van der Waals surface area contributed by atoms with Gasteiger partial charge in [0.05, 0.1) is 37.1 Å². The van der Waals surface area contributed by atoms with Crippen LogP contribution in [0.2, 0.25) is 0 Å². The Labute approximate surface area is 145 Å². The smallest absolute Gasteiger partial charge is 0.305 e. The minimum absolute atomic E-state index is 0.156. The van der Waals surface area contributed by atoms with Crippen molar-refractivity contribution in [2.75, 3.05) is 19.8 Å². The van der Waals surface area contributed by atoms with Gasteiger partial charge in [0.1, 0.15) is 0 Å². The number of carboxylic acid groups (broad SMARTS) is 1. The SMILES string of the molecule is Cc1cccc(-n2nnc(C(=O)N3CCOCC3CC(=O)O)c2C)c1. The highest BCUT2D eigenvalue weighted by Crippen LogP contribution is 2.18. The molecule has 1 aliphatic rings. The first-order valence-corrected chi connectivity index (χ1v) is 8.07. The molecule has 1 aromatic heterocycles. The summed E-state index contributed by atoms with van der Waals surface area (Å²) in [4.78, 5) is 25.4. The van der Waals surface area contributed by atoms with E-state index in [4.69, 9.17) is 9.84 Å². The summed E-state index contributed by atoms with van der Waals surface area (Å²) >= 11 is 0. The second-order valence-corrected chi connectivity index (χ2v) is 6.10. The summed E-state index contributed by atoms with van der Waals surface area (Å²) in [6.45, 7) is 4.69. The summed E-state index contributed by atoms with van der Waals surface area (Å²) in [6.07, 6.45) is -0.156. The van der Waals surface area contributed by atoms with Crippen molar-refractivity contribution in [3.8, 4) is 5.69 Å². The number of carboxylic acids is 1. The van der Waals surface area contributed by atoms with Gasteiger partial charge in [-0.3, -0.25) is 9.59 Å². The molecule has 0 saturated carbocycles. The summed E-state index contributed by atoms with van der Waals surface area (Å²) in [5.41, 5.74) is 2.76. The molecule has 2 aromatic rings. The zero-order valence-electron chi connectivity index (χ0n) is 14.2. The van der Waals surface area contributed by atoms with E-state index in [1.807, 2.05) is 31.2 Å². The maximum Gasteiger partial charge on any atom is 0.305 e. The third kappa shape index (κ3) is 3.53. The first kappa shape index (κ1) is 17.1. The summed E-state index contributed by atoms with van der Waals surface area (Å²) in [5.74, 6) is -1.28. The Balaban J connectivity index is 1.88. The molecule has 132 valence electrons. The van der Waals surface area contributed by atoms with Gasteiger partial charge in [0.15, 0.2) is 5.69 Å². The molecule has 0 spiro atoms. The van der Waals surface area contributed by atoms with Crippen LogP contribution in [0.5, 0.6) is 0 Å². The predicted molar refractivity (Wildman–Crippen MR) is 88.7 cm³/mol. The molecule has 8 heteroatoms. The number of carbonyl (C=O) groups excluding carboxylic acids is 1. The largest absolute Gasteiger partial charge is 0.481 e. The maximum atomic E-state index is 12.9. The minimum atomic E-state index is -0.964. The Morgan fingerprint density at radius 2 is 2.16 bits per heavy atom. The van der Waals surface area contributed by atoms with Crippen LogP contribution in [0.15, 0.2) is 24.3 Å². The molecule has 0 aliphatic carbocycles. The van der Waals surface area contributed by atoms with E-state index in [-0.39, 0.29) is 24.6 Å². The molecule has 0 radical (unpaired) electrons. The Bertz CT molecular complexity index is 802. The zero-order valence-corrected chi connectivity index (χ0v) is 14.2. The fourth-order valence-electron chi connectivity index (χ4n) is 2.96. The highest BCUT2D eigenvalue weighted by atomic mass is 16.5. The van der Waals surface area contributed by atoms with Crippen LogP contribution < -0.4 is 0 Å². The van der Waals surface area contributed by atoms with E-state index in [9.17, 15) is 9.59 Å². The van der Waals surface area contributed by atoms with Gasteiger partial charge in [-0.05, 0) is 31.5 Å². The Morgan fingerprint density at radius 3 is 2.88 bits per heavy atom. The topological polar surface area (TPSA) is 97.5 Å². The number of rotatable bonds is 4. The van der Waals surface area contributed by atoms with Crippen molar-refractivity contribution in [3.63, 3.8) is 0 Å². The zero-order chi connectivity index (χ0) is 18.0. The number of benzene rings is 1. The van der Waals surface area contributed by atoms with Crippen molar-refractivity contribution in [2.24, 2.45) is 0 Å². The van der Waals surface area contributed by atoms with Crippen molar-refractivity contribution in [3.05, 3.63) is 41.2 Å². The number of carbonyl (C=O) groups is 2. The van der Waals surface area contributed by atoms with Crippen molar-refractivity contribution in [1.29, 1.82) is 0 Å². The summed E-state index contributed by atoms with van der Waals surface area (Å²) in [7, 11) is 0. The first-order chi connectivity index (χ1) is 12.0. The monoisotopic (exact) mass is 344 g/mol. The van der Waals surface area contributed by atoms with Crippen molar-refractivity contribution in [1.82, 2.24) is 19.9 Å². The van der Waals surface area contributed by atoms with Gasteiger partial charge in [-0.2, -0.15) is 0 Å². The van der Waals surface area contributed by atoms with Gasteiger partial charge < -0.3 is 14.7 Å². The number of hydrogen-bond acceptors (Lipinski definition) is 5. The highest BCUT2D eigenvalue weighted by Gasteiger charge is 2.32. The van der Waals surface area contributed by atoms with Gasteiger partial charge in [0.2, 0.25) is 0 Å². The molecule has 1 unspecified atom stereocenters. The number of aromatic nitrogens is 3. The molecular formula is C17H20N4O4. The maximum absolute atomic E-state index is 12.9. The van der Waals surface area contributed by atoms with E-state index in [0.29, 0.717) is 18.8 Å². The summed E-state index contributed by atoms with van der Waals surface area (Å²) in [5, 5.41) is 17.2. The van der Waals surface area contributed by atoms with Gasteiger partial charge in [-0.15, -0.1) is 5.10 Å². The van der Waals surface area contributed by atoms with E-state index >= 15 is 0 Å². The molecule has 1 aromatic carbocycles. The fourth-order valence-corrected chi connectivity index (χ4v) is 2.96. The second kappa shape index (κ2) is 7.02. The quantitative estimate of drug-likeness (QED) is 0.895. The van der Waals surface area contributed by atoms with Crippen molar-refractivity contribution >= 4 is 11.9 Å². The summed E-state index contributed by atoms with van der Waals surface area (Å²) < 4.78 is 6.94. The fraction of sp³-hybridized carbons (Fsp3) is 0.412. The lowest BCUT2D eigenvalue weighted by molar-refractivity contribution is -0.139. The molecule has 25 heavy (non-hydrogen) atoms. The van der Waals surface area contributed by atoms with Gasteiger partial charge in [-0.25, -0.2) is 4.68 Å². The number of morpholine rings is 1. The van der Waals surface area contributed by atoms with E-state index in [1.165, 1.54) is 4.90 Å². The third-order valence-electron chi connectivity index (χ3n) is 4.24. The van der Waals surface area contributed by atoms with Crippen LogP contribution in [0.25, 0.3) is 5.69 Å². The number of amides is 1. The lowest BCUT2D eigenvalue weighted by atomic mass is 10.1. The molecule has 1 N–H and O–H groups in total. The molecule has 0 bridgehead atoms. The minimum Gasteiger partial charge on any atom is -0.481 e. The molecule has 8 nitrogen and oxygen atoms in total. The number of aliphatic carboxylic acids is 1. The third-order valence-corrected chi connectivity index (χ3v) is 4.24. The van der Waals surface area contributed by atoms with E-state index < -0.39 is 12.0 Å². The normalized spacial score (nSPS) is 17.5. The molecule has 1 fully saturated rings. The van der Waals surface area contributed by atoms with Crippen LogP contribution in [0.4, 0.5) is 0 Å². The highest BCUT2D eigenvalue weighted by molar-refractivity contribution is 5.94. The van der Waals surface area contributed by atoms with Gasteiger partial charge in [0.25, 0.3) is 5.91 Å².